The molecule has 2 aromatic heterocycles. The number of nitrogens with zero attached hydrogens (tertiary/aromatic N) is 4. The zero-order chi connectivity index (χ0) is 12.5. The Kier molecular flexibility index (Phi) is 2.76. The molecule has 1 aliphatic heterocycles. The summed E-state index contributed by atoms with van der Waals surface area (Å²) in [4.78, 5) is 10.9. The minimum absolute atomic E-state index is 0.466. The maximum atomic E-state index is 9.46. The van der Waals surface area contributed by atoms with Gasteiger partial charge in [-0.3, -0.25) is 0 Å². The molecule has 0 bridgehead atoms. The van der Waals surface area contributed by atoms with E-state index in [0.29, 0.717) is 0 Å². The molecule has 0 aliphatic carbocycles. The van der Waals surface area contributed by atoms with Crippen molar-refractivity contribution in [3.05, 3.63) is 42.1 Å². The highest BCUT2D eigenvalue weighted by Crippen LogP contribution is 2.19. The van der Waals surface area contributed by atoms with Crippen molar-refractivity contribution in [3.63, 3.8) is 0 Å². The van der Waals surface area contributed by atoms with E-state index in [4.69, 9.17) is 0 Å². The summed E-state index contributed by atoms with van der Waals surface area (Å²) >= 11 is 0. The number of pyridine rings is 1. The fourth-order valence-electron chi connectivity index (χ4n) is 2.20. The first kappa shape index (κ1) is 11.2. The molecule has 0 saturated carbocycles. The Hall–Kier alpha value is -1.88. The summed E-state index contributed by atoms with van der Waals surface area (Å²) < 4.78 is 2.17. The normalized spacial score (nSPS) is 16.4. The third-order valence-electron chi connectivity index (χ3n) is 3.32. The second-order valence-corrected chi connectivity index (χ2v) is 4.58. The maximum absolute atomic E-state index is 9.46. The van der Waals surface area contributed by atoms with Crippen molar-refractivity contribution in [1.82, 2.24) is 14.5 Å². The van der Waals surface area contributed by atoms with Crippen LogP contribution < -0.4 is 4.90 Å². The smallest absolute Gasteiger partial charge is 0.128 e. The molecule has 0 amide bonds. The topological polar surface area (TPSA) is 54.2 Å². The van der Waals surface area contributed by atoms with Gasteiger partial charge in [0.25, 0.3) is 0 Å². The average molecular weight is 244 g/mol. The molecule has 0 saturated heterocycles. The lowest BCUT2D eigenvalue weighted by Gasteiger charge is -2.28. The van der Waals surface area contributed by atoms with Crippen LogP contribution in [0.4, 0.5) is 5.82 Å². The minimum atomic E-state index is -0.466. The number of hydrogen-bond acceptors (Lipinski definition) is 4. The second kappa shape index (κ2) is 4.42. The van der Waals surface area contributed by atoms with Crippen LogP contribution in [0.15, 0.2) is 30.7 Å². The zero-order valence-electron chi connectivity index (χ0n) is 10.3. The molecule has 2 aromatic rings. The molecule has 3 rings (SSSR count). The SMILES string of the molecule is CC(O)c1ccc(N2CCn3ccnc3C2)nc1. The Morgan fingerprint density at radius 3 is 2.89 bits per heavy atom. The molecule has 3 heterocycles. The third kappa shape index (κ3) is 1.97. The lowest BCUT2D eigenvalue weighted by atomic mass is 10.2. The number of rotatable bonds is 2. The van der Waals surface area contributed by atoms with Crippen molar-refractivity contribution in [3.8, 4) is 0 Å². The quantitative estimate of drug-likeness (QED) is 0.866. The highest BCUT2D eigenvalue weighted by atomic mass is 16.3. The van der Waals surface area contributed by atoms with E-state index < -0.39 is 6.10 Å². The van der Waals surface area contributed by atoms with Gasteiger partial charge in [-0.2, -0.15) is 0 Å². The number of hydrogen-bond donors (Lipinski definition) is 1. The molecular formula is C13H16N4O. The molecule has 94 valence electrons. The van der Waals surface area contributed by atoms with Crippen molar-refractivity contribution >= 4 is 5.82 Å². The first-order chi connectivity index (χ1) is 8.74. The molecule has 5 nitrogen and oxygen atoms in total. The predicted octanol–water partition coefficient (Wildman–Crippen LogP) is 1.35. The van der Waals surface area contributed by atoms with Crippen LogP contribution in [0.3, 0.4) is 0 Å². The lowest BCUT2D eigenvalue weighted by Crippen LogP contribution is -2.34. The number of anilines is 1. The van der Waals surface area contributed by atoms with E-state index >= 15 is 0 Å². The van der Waals surface area contributed by atoms with Gasteiger partial charge in [-0.25, -0.2) is 9.97 Å². The molecule has 0 radical (unpaired) electrons. The highest BCUT2D eigenvalue weighted by molar-refractivity contribution is 5.40. The summed E-state index contributed by atoms with van der Waals surface area (Å²) in [5.74, 6) is 2.01. The van der Waals surface area contributed by atoms with Crippen molar-refractivity contribution in [2.45, 2.75) is 26.1 Å². The van der Waals surface area contributed by atoms with Gasteiger partial charge in [-0.05, 0) is 18.6 Å². The van der Waals surface area contributed by atoms with Crippen molar-refractivity contribution in [2.24, 2.45) is 0 Å². The van der Waals surface area contributed by atoms with Crippen LogP contribution in [-0.2, 0) is 13.1 Å². The van der Waals surface area contributed by atoms with Crippen molar-refractivity contribution in [2.75, 3.05) is 11.4 Å². The molecular weight excluding hydrogens is 228 g/mol. The van der Waals surface area contributed by atoms with Gasteiger partial charge in [-0.15, -0.1) is 0 Å². The van der Waals surface area contributed by atoms with Crippen LogP contribution in [0.2, 0.25) is 0 Å². The van der Waals surface area contributed by atoms with E-state index in [1.54, 1.807) is 13.1 Å². The highest BCUT2D eigenvalue weighted by Gasteiger charge is 2.17. The summed E-state index contributed by atoms with van der Waals surface area (Å²) in [5, 5.41) is 9.46. The molecule has 1 aliphatic rings. The van der Waals surface area contributed by atoms with Crippen LogP contribution in [0.25, 0.3) is 0 Å². The standard InChI is InChI=1S/C13H16N4O/c1-10(18)11-2-3-12(15-8-11)17-7-6-16-5-4-14-13(16)9-17/h2-5,8,10,18H,6-7,9H2,1H3. The predicted molar refractivity (Wildman–Crippen MR) is 68.1 cm³/mol. The first-order valence-electron chi connectivity index (χ1n) is 6.13. The van der Waals surface area contributed by atoms with Crippen LogP contribution in [0, 0.1) is 0 Å². The Labute approximate surface area is 106 Å². The number of aliphatic hydroxyl groups excluding tert-OH is 1. The van der Waals surface area contributed by atoms with Crippen molar-refractivity contribution in [1.29, 1.82) is 0 Å². The summed E-state index contributed by atoms with van der Waals surface area (Å²) in [5.41, 5.74) is 0.845. The number of imidazole rings is 1. The Balaban J connectivity index is 1.80. The Bertz CT molecular complexity index is 532. The number of aliphatic hydroxyl groups is 1. The molecule has 1 atom stereocenters. The second-order valence-electron chi connectivity index (χ2n) is 4.58. The monoisotopic (exact) mass is 244 g/mol. The fourth-order valence-corrected chi connectivity index (χ4v) is 2.20. The van der Waals surface area contributed by atoms with E-state index in [2.05, 4.69) is 19.4 Å². The van der Waals surface area contributed by atoms with E-state index in [-0.39, 0.29) is 0 Å². The molecule has 0 spiro atoms. The Morgan fingerprint density at radius 1 is 1.28 bits per heavy atom. The van der Waals surface area contributed by atoms with Gasteiger partial charge in [0.2, 0.25) is 0 Å². The van der Waals surface area contributed by atoms with Gasteiger partial charge >= 0.3 is 0 Å². The van der Waals surface area contributed by atoms with Crippen LogP contribution in [0.5, 0.6) is 0 Å². The van der Waals surface area contributed by atoms with Crippen molar-refractivity contribution < 1.29 is 5.11 Å². The molecule has 0 fully saturated rings. The minimum Gasteiger partial charge on any atom is -0.389 e. The number of fused-ring (bicyclic) bond motifs is 1. The largest absolute Gasteiger partial charge is 0.389 e. The summed E-state index contributed by atoms with van der Waals surface area (Å²) in [6.07, 6.45) is 5.12. The molecule has 0 aromatic carbocycles. The van der Waals surface area contributed by atoms with E-state index in [0.717, 1.165) is 36.8 Å². The van der Waals surface area contributed by atoms with Gasteiger partial charge in [0.15, 0.2) is 0 Å². The fraction of sp³-hybridized carbons (Fsp3) is 0.385. The average Bonchev–Trinajstić information content (AvgIpc) is 2.86. The van der Waals surface area contributed by atoms with Gasteiger partial charge in [0.1, 0.15) is 11.6 Å². The molecule has 5 heteroatoms. The van der Waals surface area contributed by atoms with Gasteiger partial charge in [-0.1, -0.05) is 6.07 Å². The van der Waals surface area contributed by atoms with E-state index in [1.165, 1.54) is 0 Å². The first-order valence-corrected chi connectivity index (χ1v) is 6.13. The number of aromatic nitrogens is 3. The summed E-state index contributed by atoms with van der Waals surface area (Å²) in [6.45, 7) is 4.40. The van der Waals surface area contributed by atoms with E-state index in [9.17, 15) is 5.11 Å². The Morgan fingerprint density at radius 2 is 2.17 bits per heavy atom. The summed E-state index contributed by atoms with van der Waals surface area (Å²) in [7, 11) is 0. The molecule has 18 heavy (non-hydrogen) atoms. The van der Waals surface area contributed by atoms with Crippen LogP contribution in [0.1, 0.15) is 24.4 Å². The van der Waals surface area contributed by atoms with E-state index in [1.807, 2.05) is 24.5 Å². The zero-order valence-corrected chi connectivity index (χ0v) is 10.3. The van der Waals surface area contributed by atoms with Crippen LogP contribution in [-0.4, -0.2) is 26.2 Å². The van der Waals surface area contributed by atoms with Gasteiger partial charge in [0.05, 0.1) is 12.6 Å². The third-order valence-corrected chi connectivity index (χ3v) is 3.32. The van der Waals surface area contributed by atoms with Gasteiger partial charge < -0.3 is 14.6 Å². The lowest BCUT2D eigenvalue weighted by molar-refractivity contribution is 0.199. The van der Waals surface area contributed by atoms with Gasteiger partial charge in [0, 0.05) is 31.7 Å². The molecule has 1 N–H and O–H groups in total. The molecule has 1 unspecified atom stereocenters. The summed E-state index contributed by atoms with van der Waals surface area (Å²) in [6, 6.07) is 3.88. The van der Waals surface area contributed by atoms with Crippen LogP contribution >= 0.6 is 0 Å². The maximum Gasteiger partial charge on any atom is 0.128 e.